The van der Waals surface area contributed by atoms with Crippen LogP contribution in [0.25, 0.3) is 0 Å². The summed E-state index contributed by atoms with van der Waals surface area (Å²) in [5.41, 5.74) is 0. The van der Waals surface area contributed by atoms with Crippen molar-refractivity contribution in [3.63, 3.8) is 0 Å². The molecule has 0 aliphatic carbocycles. The second-order valence-corrected chi connectivity index (χ2v) is 27.1. The largest absolute Gasteiger partial charge is 0.394 e. The van der Waals surface area contributed by atoms with Gasteiger partial charge in [0.25, 0.3) is 0 Å². The Bertz CT molecular complexity index is 1460. The minimum atomic E-state index is -1.78. The number of aliphatic hydroxyl groups is 8. The molecule has 0 bridgehead atoms. The molecule has 87 heavy (non-hydrogen) atoms. The summed E-state index contributed by atoms with van der Waals surface area (Å²) in [7, 11) is 0. The van der Waals surface area contributed by atoms with Crippen LogP contribution in [0.3, 0.4) is 0 Å². The Hall–Kier alpha value is -1.01. The molecular weight excluding hydrogens is 1100 g/mol. The van der Waals surface area contributed by atoms with Gasteiger partial charge in [0.15, 0.2) is 12.6 Å². The molecular formula is C73H143NO13. The van der Waals surface area contributed by atoms with Crippen LogP contribution in [0.15, 0.2) is 0 Å². The SMILES string of the molecule is CCCCCCCCCCCCCCCCCCCCCCCCCCCCCCCCC(O)C(COC1OC(CO)C(OC2OC(CO)C(O)C(O)C2O)C(O)C1O)NC(=O)CCCCCCCCCCCCCCCCCCCCCCCCC. The third-order valence-corrected chi connectivity index (χ3v) is 19.1. The molecule has 0 radical (unpaired) electrons. The van der Waals surface area contributed by atoms with Crippen molar-refractivity contribution in [3.8, 4) is 0 Å². The lowest BCUT2D eigenvalue weighted by atomic mass is 9.97. The molecule has 1 amide bonds. The molecule has 12 unspecified atom stereocenters. The first-order valence-electron chi connectivity index (χ1n) is 37.8. The smallest absolute Gasteiger partial charge is 0.220 e. The highest BCUT2D eigenvalue weighted by molar-refractivity contribution is 5.76. The third-order valence-electron chi connectivity index (χ3n) is 19.1. The summed E-state index contributed by atoms with van der Waals surface area (Å²) in [6.45, 7) is 2.94. The van der Waals surface area contributed by atoms with E-state index in [9.17, 15) is 45.6 Å². The third kappa shape index (κ3) is 42.8. The lowest BCUT2D eigenvalue weighted by molar-refractivity contribution is -0.359. The second-order valence-electron chi connectivity index (χ2n) is 27.1. The fraction of sp³-hybridized carbons (Fsp3) is 0.986. The normalized spacial score (nSPS) is 23.1. The molecule has 2 aliphatic rings. The van der Waals surface area contributed by atoms with Crippen LogP contribution in [0.2, 0.25) is 0 Å². The number of carbonyl (C=O) groups is 1. The van der Waals surface area contributed by atoms with Crippen LogP contribution in [-0.4, -0.2) is 140 Å². The summed E-state index contributed by atoms with van der Waals surface area (Å²) in [6.07, 6.45) is 54.2. The molecule has 0 aromatic heterocycles. The van der Waals surface area contributed by atoms with E-state index in [4.69, 9.17) is 18.9 Å². The van der Waals surface area contributed by atoms with Crippen molar-refractivity contribution in [2.24, 2.45) is 0 Å². The first kappa shape index (κ1) is 82.1. The first-order valence-corrected chi connectivity index (χ1v) is 37.8. The van der Waals surface area contributed by atoms with Crippen LogP contribution in [-0.2, 0) is 23.7 Å². The van der Waals surface area contributed by atoms with Crippen molar-refractivity contribution < 1.29 is 64.6 Å². The van der Waals surface area contributed by atoms with E-state index in [1.165, 1.54) is 289 Å². The topological polar surface area (TPSA) is 228 Å². The van der Waals surface area contributed by atoms with E-state index in [1.54, 1.807) is 0 Å². The van der Waals surface area contributed by atoms with Crippen LogP contribution in [0.5, 0.6) is 0 Å². The van der Waals surface area contributed by atoms with Crippen molar-refractivity contribution in [1.82, 2.24) is 5.32 Å². The van der Waals surface area contributed by atoms with Gasteiger partial charge in [0.05, 0.1) is 32.0 Å². The number of hydrogen-bond donors (Lipinski definition) is 9. The number of nitrogens with one attached hydrogen (secondary N) is 1. The lowest BCUT2D eigenvalue weighted by Crippen LogP contribution is -2.65. The number of amides is 1. The van der Waals surface area contributed by atoms with E-state index in [1.807, 2.05) is 0 Å². The van der Waals surface area contributed by atoms with E-state index < -0.39 is 86.8 Å². The van der Waals surface area contributed by atoms with Gasteiger partial charge in [0, 0.05) is 6.42 Å². The van der Waals surface area contributed by atoms with Crippen LogP contribution in [0.4, 0.5) is 0 Å². The molecule has 518 valence electrons. The quantitative estimate of drug-likeness (QED) is 0.0259. The maximum Gasteiger partial charge on any atom is 0.220 e. The lowest BCUT2D eigenvalue weighted by Gasteiger charge is -2.46. The average molecular weight is 1240 g/mol. The summed E-state index contributed by atoms with van der Waals surface area (Å²) in [6, 6.07) is -0.825. The van der Waals surface area contributed by atoms with Crippen molar-refractivity contribution >= 4 is 5.91 Å². The number of ether oxygens (including phenoxy) is 4. The van der Waals surface area contributed by atoms with Crippen LogP contribution in [0, 0.1) is 0 Å². The molecule has 2 saturated heterocycles. The number of hydrogen-bond acceptors (Lipinski definition) is 13. The molecule has 9 N–H and O–H groups in total. The Morgan fingerprint density at radius 1 is 0.368 bits per heavy atom. The molecule has 12 atom stereocenters. The molecule has 2 heterocycles. The number of rotatable bonds is 64. The minimum Gasteiger partial charge on any atom is -0.394 e. The molecule has 0 spiro atoms. The predicted octanol–water partition coefficient (Wildman–Crippen LogP) is 16.0. The first-order chi connectivity index (χ1) is 42.6. The Kier molecular flexibility index (Phi) is 55.5. The molecule has 2 aliphatic heterocycles. The molecule has 14 nitrogen and oxygen atoms in total. The monoisotopic (exact) mass is 1240 g/mol. The van der Waals surface area contributed by atoms with Crippen molar-refractivity contribution in [3.05, 3.63) is 0 Å². The van der Waals surface area contributed by atoms with Gasteiger partial charge < -0.3 is 65.1 Å². The second kappa shape index (κ2) is 58.8. The van der Waals surface area contributed by atoms with E-state index in [2.05, 4.69) is 19.2 Å². The predicted molar refractivity (Wildman–Crippen MR) is 356 cm³/mol. The molecule has 2 rings (SSSR count). The maximum absolute atomic E-state index is 13.4. The molecule has 2 fully saturated rings. The fourth-order valence-corrected chi connectivity index (χ4v) is 13.1. The number of aliphatic hydroxyl groups excluding tert-OH is 8. The maximum atomic E-state index is 13.4. The number of unbranched alkanes of at least 4 members (excludes halogenated alkanes) is 51. The molecule has 0 saturated carbocycles. The summed E-state index contributed by atoms with van der Waals surface area (Å²) >= 11 is 0. The van der Waals surface area contributed by atoms with Gasteiger partial charge in [0.1, 0.15) is 48.8 Å². The number of carbonyl (C=O) groups excluding carboxylic acids is 1. The van der Waals surface area contributed by atoms with Gasteiger partial charge in [-0.1, -0.05) is 348 Å². The Morgan fingerprint density at radius 3 is 0.977 bits per heavy atom. The highest BCUT2D eigenvalue weighted by atomic mass is 16.7. The Balaban J connectivity index is 1.63. The summed E-state index contributed by atoms with van der Waals surface area (Å²) < 4.78 is 23.0. The van der Waals surface area contributed by atoms with E-state index in [0.717, 1.165) is 51.4 Å². The van der Waals surface area contributed by atoms with Crippen molar-refractivity contribution in [1.29, 1.82) is 0 Å². The zero-order chi connectivity index (χ0) is 63.1. The van der Waals surface area contributed by atoms with Crippen LogP contribution < -0.4 is 5.32 Å². The zero-order valence-electron chi connectivity index (χ0n) is 56.6. The van der Waals surface area contributed by atoms with Gasteiger partial charge >= 0.3 is 0 Å². The van der Waals surface area contributed by atoms with Crippen molar-refractivity contribution in [2.75, 3.05) is 19.8 Å². The van der Waals surface area contributed by atoms with E-state index >= 15 is 0 Å². The van der Waals surface area contributed by atoms with Crippen molar-refractivity contribution in [2.45, 2.75) is 441 Å². The summed E-state index contributed by atoms with van der Waals surface area (Å²) in [4.78, 5) is 13.4. The van der Waals surface area contributed by atoms with Gasteiger partial charge in [-0.15, -0.1) is 0 Å². The van der Waals surface area contributed by atoms with Gasteiger partial charge in [-0.3, -0.25) is 4.79 Å². The summed E-state index contributed by atoms with van der Waals surface area (Å²) in [5, 5.41) is 87.7. The van der Waals surface area contributed by atoms with E-state index in [-0.39, 0.29) is 12.5 Å². The van der Waals surface area contributed by atoms with E-state index in [0.29, 0.717) is 12.8 Å². The molecule has 0 aromatic carbocycles. The van der Waals surface area contributed by atoms with Crippen LogP contribution >= 0.6 is 0 Å². The zero-order valence-corrected chi connectivity index (χ0v) is 56.6. The van der Waals surface area contributed by atoms with Gasteiger partial charge in [-0.05, 0) is 12.8 Å². The Labute approximate surface area is 534 Å². The van der Waals surface area contributed by atoms with Crippen LogP contribution in [0.1, 0.15) is 367 Å². The average Bonchev–Trinajstić information content (AvgIpc) is 2.33. The Morgan fingerprint density at radius 2 is 0.655 bits per heavy atom. The highest BCUT2D eigenvalue weighted by Gasteiger charge is 2.51. The standard InChI is InChI=1S/C73H143NO13/c1-3-5-7-9-11-13-15-17-19-21-23-25-27-28-29-30-31-32-33-35-36-38-40-42-44-46-48-50-52-54-56-62(77)61(60-84-72-70(83)68(81)71(64(59-76)86-72)87-73-69(82)67(80)66(79)63(58-75)85-73)74-65(78)57-55-53-51-49-47-45-43-41-39-37-34-26-24-22-20-18-16-14-12-10-8-6-4-2/h61-64,66-73,75-77,79-83H,3-60H2,1-2H3,(H,74,78). The highest BCUT2D eigenvalue weighted by Crippen LogP contribution is 2.30. The molecule has 0 aromatic rings. The van der Waals surface area contributed by atoms with Gasteiger partial charge in [-0.25, -0.2) is 0 Å². The fourth-order valence-electron chi connectivity index (χ4n) is 13.1. The summed E-state index contributed by atoms with van der Waals surface area (Å²) in [5.74, 6) is -0.196. The van der Waals surface area contributed by atoms with Gasteiger partial charge in [-0.2, -0.15) is 0 Å². The van der Waals surface area contributed by atoms with Gasteiger partial charge in [0.2, 0.25) is 5.91 Å². The molecule has 14 heteroatoms. The minimum absolute atomic E-state index is 0.196.